The zero-order valence-electron chi connectivity index (χ0n) is 14.6. The van der Waals surface area contributed by atoms with Gasteiger partial charge in [-0.2, -0.15) is 0 Å². The Hall–Kier alpha value is -2.44. The van der Waals surface area contributed by atoms with Gasteiger partial charge in [-0.3, -0.25) is 15.2 Å². The molecular formula is C20H24N4O2. The van der Waals surface area contributed by atoms with Crippen LogP contribution in [-0.4, -0.2) is 23.5 Å². The Labute approximate surface area is 153 Å². The van der Waals surface area contributed by atoms with Crippen molar-refractivity contribution in [1.82, 2.24) is 15.8 Å². The molecule has 2 heterocycles. The van der Waals surface area contributed by atoms with Crippen LogP contribution in [-0.2, 0) is 4.79 Å². The maximum absolute atomic E-state index is 12.1. The number of hydrogen-bond acceptors (Lipinski definition) is 5. The van der Waals surface area contributed by atoms with Crippen LogP contribution in [0.2, 0.25) is 0 Å². The second kappa shape index (κ2) is 7.43. The van der Waals surface area contributed by atoms with E-state index in [9.17, 15) is 4.79 Å². The Kier molecular flexibility index (Phi) is 4.86. The van der Waals surface area contributed by atoms with Gasteiger partial charge < -0.3 is 10.5 Å². The van der Waals surface area contributed by atoms with Crippen molar-refractivity contribution in [2.24, 2.45) is 17.6 Å². The average molecular weight is 352 g/mol. The van der Waals surface area contributed by atoms with Crippen LogP contribution in [0.4, 0.5) is 0 Å². The third-order valence-electron chi connectivity index (χ3n) is 5.57. The molecule has 2 aromatic rings. The molecule has 1 saturated carbocycles. The number of fused-ring (bicyclic) bond motifs is 1. The summed E-state index contributed by atoms with van der Waals surface area (Å²) in [6.45, 7) is 0.517. The van der Waals surface area contributed by atoms with E-state index >= 15 is 0 Å². The van der Waals surface area contributed by atoms with Crippen LogP contribution in [0, 0.1) is 11.8 Å². The fraction of sp³-hybridized carbons (Fsp3) is 0.400. The molecule has 4 N–H and O–H groups in total. The zero-order chi connectivity index (χ0) is 17.9. The number of hydrogen-bond donors (Lipinski definition) is 3. The molecule has 4 rings (SSSR count). The number of para-hydroxylation sites is 1. The van der Waals surface area contributed by atoms with Crippen LogP contribution in [0.3, 0.4) is 0 Å². The highest BCUT2D eigenvalue weighted by Gasteiger charge is 2.42. The van der Waals surface area contributed by atoms with Crippen LogP contribution in [0.25, 0.3) is 0 Å². The first kappa shape index (κ1) is 17.0. The van der Waals surface area contributed by atoms with Crippen LogP contribution < -0.4 is 21.3 Å². The lowest BCUT2D eigenvalue weighted by Crippen LogP contribution is -2.62. The van der Waals surface area contributed by atoms with E-state index in [1.807, 2.05) is 36.5 Å². The van der Waals surface area contributed by atoms with E-state index in [0.717, 1.165) is 30.8 Å². The molecule has 1 saturated heterocycles. The van der Waals surface area contributed by atoms with Gasteiger partial charge in [0.25, 0.3) is 0 Å². The normalized spacial score (nSPS) is 28.1. The van der Waals surface area contributed by atoms with Crippen molar-refractivity contribution in [2.45, 2.75) is 31.2 Å². The third kappa shape index (κ3) is 3.43. The molecule has 2 aliphatic rings. The van der Waals surface area contributed by atoms with Crippen LogP contribution in [0.5, 0.6) is 11.5 Å². The predicted octanol–water partition coefficient (Wildman–Crippen LogP) is 2.34. The highest BCUT2D eigenvalue weighted by Crippen LogP contribution is 2.42. The topological polar surface area (TPSA) is 89.3 Å². The van der Waals surface area contributed by atoms with Crippen molar-refractivity contribution in [3.8, 4) is 11.5 Å². The minimum atomic E-state index is 0.0535. The Bertz CT molecular complexity index is 767. The summed E-state index contributed by atoms with van der Waals surface area (Å²) in [7, 11) is 0. The highest BCUT2D eigenvalue weighted by atomic mass is 16.5. The van der Waals surface area contributed by atoms with Crippen molar-refractivity contribution in [1.29, 1.82) is 0 Å². The molecule has 1 aromatic carbocycles. The maximum atomic E-state index is 12.1. The highest BCUT2D eigenvalue weighted by molar-refractivity contribution is 5.79. The van der Waals surface area contributed by atoms with Crippen molar-refractivity contribution in [3.05, 3.63) is 54.4 Å². The molecule has 26 heavy (non-hydrogen) atoms. The number of carbonyl (C=O) groups excluding carboxylic acids is 1. The smallest absolute Gasteiger partial charge is 0.237 e. The third-order valence-corrected chi connectivity index (χ3v) is 5.57. The lowest BCUT2D eigenvalue weighted by Gasteiger charge is -2.43. The number of ether oxygens (including phenoxy) is 1. The number of pyridine rings is 1. The van der Waals surface area contributed by atoms with Gasteiger partial charge in [0.05, 0.1) is 6.20 Å². The summed E-state index contributed by atoms with van der Waals surface area (Å²) in [6, 6.07) is 11.9. The van der Waals surface area contributed by atoms with Crippen molar-refractivity contribution in [3.63, 3.8) is 0 Å². The van der Waals surface area contributed by atoms with E-state index in [-0.39, 0.29) is 23.8 Å². The van der Waals surface area contributed by atoms with E-state index in [0.29, 0.717) is 12.5 Å². The van der Waals surface area contributed by atoms with Crippen LogP contribution >= 0.6 is 0 Å². The van der Waals surface area contributed by atoms with Crippen LogP contribution in [0.15, 0.2) is 48.8 Å². The Balaban J connectivity index is 1.51. The van der Waals surface area contributed by atoms with Gasteiger partial charge in [0.15, 0.2) is 0 Å². The van der Waals surface area contributed by atoms with Gasteiger partial charge in [0.1, 0.15) is 11.5 Å². The molecule has 1 aromatic heterocycles. The second-order valence-electron chi connectivity index (χ2n) is 7.13. The number of nitrogens with one attached hydrogen (secondary N) is 2. The fourth-order valence-electron chi connectivity index (χ4n) is 4.22. The second-order valence-corrected chi connectivity index (χ2v) is 7.13. The lowest BCUT2D eigenvalue weighted by atomic mass is 9.68. The first-order valence-corrected chi connectivity index (χ1v) is 9.18. The Morgan fingerprint density at radius 1 is 1.15 bits per heavy atom. The number of carbonyl (C=O) groups is 1. The molecule has 6 nitrogen and oxygen atoms in total. The van der Waals surface area contributed by atoms with Crippen LogP contribution in [0.1, 0.15) is 30.7 Å². The summed E-state index contributed by atoms with van der Waals surface area (Å²) in [5.41, 5.74) is 12.9. The molecule has 2 fully saturated rings. The fourth-order valence-corrected chi connectivity index (χ4v) is 4.22. The molecule has 4 unspecified atom stereocenters. The first-order chi connectivity index (χ1) is 12.7. The minimum Gasteiger partial charge on any atom is -0.456 e. The number of hydrazine groups is 1. The van der Waals surface area contributed by atoms with E-state index < -0.39 is 0 Å². The molecule has 0 radical (unpaired) electrons. The summed E-state index contributed by atoms with van der Waals surface area (Å²) in [5, 5.41) is 0. The van der Waals surface area contributed by atoms with E-state index in [1.54, 1.807) is 6.20 Å². The zero-order valence-corrected chi connectivity index (χ0v) is 14.6. The van der Waals surface area contributed by atoms with Crippen molar-refractivity contribution < 1.29 is 9.53 Å². The summed E-state index contributed by atoms with van der Waals surface area (Å²) >= 11 is 0. The number of nitrogens with two attached hydrogens (primary N) is 1. The Morgan fingerprint density at radius 2 is 2.00 bits per heavy atom. The number of benzene rings is 1. The predicted molar refractivity (Wildman–Crippen MR) is 98.4 cm³/mol. The minimum absolute atomic E-state index is 0.0535. The van der Waals surface area contributed by atoms with Gasteiger partial charge in [0.2, 0.25) is 5.91 Å². The lowest BCUT2D eigenvalue weighted by molar-refractivity contribution is -0.133. The Morgan fingerprint density at radius 3 is 2.81 bits per heavy atom. The molecule has 6 heteroatoms. The van der Waals surface area contributed by atoms with Gasteiger partial charge in [-0.05, 0) is 54.9 Å². The van der Waals surface area contributed by atoms with E-state index in [4.69, 9.17) is 10.5 Å². The largest absolute Gasteiger partial charge is 0.456 e. The van der Waals surface area contributed by atoms with Crippen molar-refractivity contribution >= 4 is 5.91 Å². The summed E-state index contributed by atoms with van der Waals surface area (Å²) in [6.07, 6.45) is 6.44. The molecule has 1 amide bonds. The van der Waals surface area contributed by atoms with Gasteiger partial charge in [-0.15, -0.1) is 0 Å². The molecular weight excluding hydrogens is 328 g/mol. The summed E-state index contributed by atoms with van der Waals surface area (Å²) < 4.78 is 5.92. The maximum Gasteiger partial charge on any atom is 0.237 e. The molecule has 4 atom stereocenters. The standard InChI is InChI=1S/C20H24N4O2/c21-10-19-18-9-13(6-7-17(18)20(25)24-23-19)14-8-16(12-22-11-14)26-15-4-2-1-3-5-15/h1-5,8,11-13,17-19,23H,6-7,9-10,21H2,(H,24,25). The van der Waals surface area contributed by atoms with E-state index in [2.05, 4.69) is 21.9 Å². The van der Waals surface area contributed by atoms with Gasteiger partial charge in [-0.25, -0.2) is 5.43 Å². The molecule has 1 aliphatic heterocycles. The van der Waals surface area contributed by atoms with Gasteiger partial charge >= 0.3 is 0 Å². The van der Waals surface area contributed by atoms with E-state index in [1.165, 1.54) is 5.56 Å². The first-order valence-electron chi connectivity index (χ1n) is 9.18. The van der Waals surface area contributed by atoms with Gasteiger partial charge in [-0.1, -0.05) is 18.2 Å². The molecule has 0 bridgehead atoms. The number of amides is 1. The number of aromatic nitrogens is 1. The quantitative estimate of drug-likeness (QED) is 0.786. The van der Waals surface area contributed by atoms with Crippen molar-refractivity contribution in [2.75, 3.05) is 6.54 Å². The average Bonchev–Trinajstić information content (AvgIpc) is 2.69. The number of nitrogens with zero attached hydrogens (tertiary/aromatic N) is 1. The summed E-state index contributed by atoms with van der Waals surface area (Å²) in [5.74, 6) is 2.31. The molecule has 136 valence electrons. The van der Waals surface area contributed by atoms with Gasteiger partial charge in [0, 0.05) is 24.7 Å². The molecule has 1 aliphatic carbocycles. The summed E-state index contributed by atoms with van der Waals surface area (Å²) in [4.78, 5) is 16.5. The molecule has 0 spiro atoms. The number of rotatable bonds is 4. The SMILES string of the molecule is NCC1NNC(=O)C2CCC(c3cncc(Oc4ccccc4)c3)CC12. The monoisotopic (exact) mass is 352 g/mol.